The Labute approximate surface area is 200 Å². The van der Waals surface area contributed by atoms with Crippen LogP contribution in [0.3, 0.4) is 0 Å². The van der Waals surface area contributed by atoms with E-state index in [-0.39, 0.29) is 12.3 Å². The highest BCUT2D eigenvalue weighted by molar-refractivity contribution is 6.31. The third-order valence-corrected chi connectivity index (χ3v) is 6.94. The molecule has 0 spiro atoms. The summed E-state index contributed by atoms with van der Waals surface area (Å²) in [7, 11) is 0. The van der Waals surface area contributed by atoms with E-state index < -0.39 is 36.6 Å². The second kappa shape index (κ2) is 11.2. The Bertz CT molecular complexity index is 904. The highest BCUT2D eigenvalue weighted by Crippen LogP contribution is 2.45. The molecule has 1 aliphatic rings. The number of ether oxygens (including phenoxy) is 2. The van der Waals surface area contributed by atoms with Crippen LogP contribution in [0.4, 0.5) is 0 Å². The van der Waals surface area contributed by atoms with Crippen LogP contribution in [0.25, 0.3) is 0 Å². The monoisotopic (exact) mass is 478 g/mol. The molecule has 0 saturated carbocycles. The molecule has 6 atom stereocenters. The van der Waals surface area contributed by atoms with Gasteiger partial charge in [-0.25, -0.2) is 0 Å². The maximum Gasteiger partial charge on any atom is 0.119 e. The first-order valence-electron chi connectivity index (χ1n) is 11.5. The summed E-state index contributed by atoms with van der Waals surface area (Å²) in [4.78, 5) is 0. The van der Waals surface area contributed by atoms with Gasteiger partial charge in [-0.2, -0.15) is 0 Å². The van der Waals surface area contributed by atoms with Crippen LogP contribution >= 0.6 is 11.6 Å². The molecule has 1 aliphatic heterocycles. The molecule has 2 aromatic rings. The molecular formula is C26H35ClO6. The van der Waals surface area contributed by atoms with Crippen LogP contribution in [-0.4, -0.2) is 57.6 Å². The SMILES string of the molecule is CCOc1ccc(Cc2cc(C3OC(C)(CC(O)CO)C(CC)C(O)C3O)ccc2Cl)cc1. The Morgan fingerprint density at radius 2 is 1.79 bits per heavy atom. The molecule has 6 nitrogen and oxygen atoms in total. The van der Waals surface area contributed by atoms with Gasteiger partial charge in [0.25, 0.3) is 0 Å². The maximum atomic E-state index is 10.9. The molecule has 0 radical (unpaired) electrons. The fraction of sp³-hybridized carbons (Fsp3) is 0.538. The van der Waals surface area contributed by atoms with Crippen molar-refractivity contribution < 1.29 is 29.9 Å². The normalized spacial score (nSPS) is 28.5. The summed E-state index contributed by atoms with van der Waals surface area (Å²) in [6, 6.07) is 13.3. The molecule has 7 heteroatoms. The summed E-state index contributed by atoms with van der Waals surface area (Å²) >= 11 is 6.48. The third kappa shape index (κ3) is 5.88. The number of aliphatic hydroxyl groups excluding tert-OH is 4. The molecule has 182 valence electrons. The number of rotatable bonds is 9. The van der Waals surface area contributed by atoms with E-state index in [1.807, 2.05) is 51.1 Å². The van der Waals surface area contributed by atoms with Crippen molar-refractivity contribution in [3.63, 3.8) is 0 Å². The molecule has 1 saturated heterocycles. The molecule has 2 aromatic carbocycles. The van der Waals surface area contributed by atoms with Gasteiger partial charge in [0.15, 0.2) is 0 Å². The molecule has 1 fully saturated rings. The Morgan fingerprint density at radius 3 is 2.39 bits per heavy atom. The van der Waals surface area contributed by atoms with Crippen LogP contribution in [0.15, 0.2) is 42.5 Å². The Kier molecular flexibility index (Phi) is 8.78. The maximum absolute atomic E-state index is 10.9. The van der Waals surface area contributed by atoms with E-state index in [1.165, 1.54) is 0 Å². The highest BCUT2D eigenvalue weighted by Gasteiger charge is 2.51. The fourth-order valence-corrected chi connectivity index (χ4v) is 5.08. The van der Waals surface area contributed by atoms with Crippen molar-refractivity contribution in [3.8, 4) is 5.75 Å². The summed E-state index contributed by atoms with van der Waals surface area (Å²) in [6.07, 6.45) is -2.65. The molecule has 33 heavy (non-hydrogen) atoms. The van der Waals surface area contributed by atoms with Crippen LogP contribution in [0, 0.1) is 5.92 Å². The van der Waals surface area contributed by atoms with Gasteiger partial charge in [0.05, 0.1) is 31.0 Å². The van der Waals surface area contributed by atoms with Crippen molar-refractivity contribution in [2.24, 2.45) is 5.92 Å². The molecular weight excluding hydrogens is 444 g/mol. The topological polar surface area (TPSA) is 99.4 Å². The van der Waals surface area contributed by atoms with Crippen LogP contribution in [0.1, 0.15) is 56.4 Å². The summed E-state index contributed by atoms with van der Waals surface area (Å²) in [6.45, 7) is 5.88. The first kappa shape index (κ1) is 25.9. The lowest BCUT2D eigenvalue weighted by Crippen LogP contribution is -2.57. The quantitative estimate of drug-likeness (QED) is 0.439. The first-order valence-corrected chi connectivity index (χ1v) is 11.9. The summed E-state index contributed by atoms with van der Waals surface area (Å²) in [5.74, 6) is 0.421. The van der Waals surface area contributed by atoms with E-state index in [0.717, 1.165) is 16.9 Å². The van der Waals surface area contributed by atoms with Crippen molar-refractivity contribution in [1.82, 2.24) is 0 Å². The van der Waals surface area contributed by atoms with Crippen LogP contribution < -0.4 is 4.74 Å². The van der Waals surface area contributed by atoms with Gasteiger partial charge in [0, 0.05) is 17.4 Å². The van der Waals surface area contributed by atoms with Crippen molar-refractivity contribution in [1.29, 1.82) is 0 Å². The minimum atomic E-state index is -1.13. The number of halogens is 1. The standard InChI is InChI=1S/C26H35ClO6/c1-4-21-23(30)24(31)25(33-26(21,3)14-19(29)15-28)17-8-11-22(27)18(13-17)12-16-6-9-20(10-7-16)32-5-2/h6-11,13,19,21,23-25,28-31H,4-5,12,14-15H2,1-3H3. The van der Waals surface area contributed by atoms with Gasteiger partial charge in [-0.3, -0.25) is 0 Å². The lowest BCUT2D eigenvalue weighted by molar-refractivity contribution is -0.254. The number of benzene rings is 2. The number of aliphatic hydroxyl groups is 4. The molecule has 3 rings (SSSR count). The summed E-state index contributed by atoms with van der Waals surface area (Å²) in [5, 5.41) is 41.9. The van der Waals surface area contributed by atoms with E-state index in [1.54, 1.807) is 12.1 Å². The highest BCUT2D eigenvalue weighted by atomic mass is 35.5. The predicted molar refractivity (Wildman–Crippen MR) is 128 cm³/mol. The first-order chi connectivity index (χ1) is 15.7. The van der Waals surface area contributed by atoms with E-state index in [0.29, 0.717) is 30.0 Å². The fourth-order valence-electron chi connectivity index (χ4n) is 4.89. The van der Waals surface area contributed by atoms with Gasteiger partial charge in [0.2, 0.25) is 0 Å². The van der Waals surface area contributed by atoms with E-state index >= 15 is 0 Å². The van der Waals surface area contributed by atoms with Gasteiger partial charge in [-0.15, -0.1) is 0 Å². The number of hydrogen-bond acceptors (Lipinski definition) is 6. The van der Waals surface area contributed by atoms with Gasteiger partial charge >= 0.3 is 0 Å². The molecule has 1 heterocycles. The predicted octanol–water partition coefficient (Wildman–Crippen LogP) is 3.65. The van der Waals surface area contributed by atoms with Crippen molar-refractivity contribution >= 4 is 11.6 Å². The second-order valence-corrected chi connectivity index (χ2v) is 9.40. The summed E-state index contributed by atoms with van der Waals surface area (Å²) < 4.78 is 11.9. The largest absolute Gasteiger partial charge is 0.494 e. The molecule has 6 unspecified atom stereocenters. The van der Waals surface area contributed by atoms with Crippen LogP contribution in [0.2, 0.25) is 5.02 Å². The van der Waals surface area contributed by atoms with Gasteiger partial charge in [-0.1, -0.05) is 42.8 Å². The Hall–Kier alpha value is -1.67. The van der Waals surface area contributed by atoms with Crippen LogP contribution in [0.5, 0.6) is 5.75 Å². The van der Waals surface area contributed by atoms with E-state index in [9.17, 15) is 20.4 Å². The molecule has 0 amide bonds. The molecule has 0 bridgehead atoms. The third-order valence-electron chi connectivity index (χ3n) is 6.57. The minimum Gasteiger partial charge on any atom is -0.494 e. The van der Waals surface area contributed by atoms with Gasteiger partial charge in [0.1, 0.15) is 18.0 Å². The molecule has 4 N–H and O–H groups in total. The zero-order valence-corrected chi connectivity index (χ0v) is 20.2. The lowest BCUT2D eigenvalue weighted by Gasteiger charge is -2.50. The van der Waals surface area contributed by atoms with Crippen LogP contribution in [-0.2, 0) is 11.2 Å². The Balaban J connectivity index is 1.88. The van der Waals surface area contributed by atoms with Crippen molar-refractivity contribution in [2.75, 3.05) is 13.2 Å². The molecule has 0 aliphatic carbocycles. The summed E-state index contributed by atoms with van der Waals surface area (Å²) in [5.41, 5.74) is 1.71. The van der Waals surface area contributed by atoms with Crippen molar-refractivity contribution in [2.45, 2.75) is 70.1 Å². The van der Waals surface area contributed by atoms with Gasteiger partial charge in [-0.05, 0) is 61.6 Å². The second-order valence-electron chi connectivity index (χ2n) is 8.99. The Morgan fingerprint density at radius 1 is 1.09 bits per heavy atom. The smallest absolute Gasteiger partial charge is 0.119 e. The lowest BCUT2D eigenvalue weighted by atomic mass is 9.73. The average Bonchev–Trinajstić information content (AvgIpc) is 2.79. The van der Waals surface area contributed by atoms with Crippen molar-refractivity contribution in [3.05, 3.63) is 64.2 Å². The minimum absolute atomic E-state index is 0.148. The zero-order valence-electron chi connectivity index (χ0n) is 19.4. The molecule has 0 aromatic heterocycles. The van der Waals surface area contributed by atoms with E-state index in [4.69, 9.17) is 21.1 Å². The van der Waals surface area contributed by atoms with Gasteiger partial charge < -0.3 is 29.9 Å². The van der Waals surface area contributed by atoms with E-state index in [2.05, 4.69) is 0 Å². The zero-order chi connectivity index (χ0) is 24.2. The number of hydrogen-bond donors (Lipinski definition) is 4. The average molecular weight is 479 g/mol.